The molecular weight excluding hydrogens is 244 g/mol. The molecule has 18 heavy (non-hydrogen) atoms. The monoisotopic (exact) mass is 262 g/mol. The number of amides is 1. The Bertz CT molecular complexity index is 462. The van der Waals surface area contributed by atoms with Crippen LogP contribution in [0, 0.1) is 11.3 Å². The zero-order valence-electron chi connectivity index (χ0n) is 10.4. The molecule has 3 aliphatic rings. The summed E-state index contributed by atoms with van der Waals surface area (Å²) in [6.07, 6.45) is 5.56. The van der Waals surface area contributed by atoms with Crippen LogP contribution in [0.5, 0.6) is 0 Å². The molecule has 2 aliphatic carbocycles. The second-order valence-corrected chi connectivity index (χ2v) is 6.78. The summed E-state index contributed by atoms with van der Waals surface area (Å²) >= 11 is 1.70. The minimum absolute atomic E-state index is 0.125. The van der Waals surface area contributed by atoms with E-state index in [1.54, 1.807) is 11.3 Å². The lowest BCUT2D eigenvalue weighted by molar-refractivity contribution is -0.129. The molecule has 1 aromatic rings. The van der Waals surface area contributed by atoms with Crippen molar-refractivity contribution in [3.05, 3.63) is 22.4 Å². The first-order chi connectivity index (χ1) is 8.78. The predicted octanol–water partition coefficient (Wildman–Crippen LogP) is 2.37. The van der Waals surface area contributed by atoms with Crippen molar-refractivity contribution in [1.29, 1.82) is 0 Å². The molecule has 1 amide bonds. The van der Waals surface area contributed by atoms with Gasteiger partial charge in [-0.1, -0.05) is 0 Å². The largest absolute Gasteiger partial charge is 0.321 e. The van der Waals surface area contributed by atoms with Gasteiger partial charge in [0.05, 0.1) is 6.54 Å². The first kappa shape index (κ1) is 11.0. The van der Waals surface area contributed by atoms with Gasteiger partial charge in [0.15, 0.2) is 0 Å². The molecule has 3 fully saturated rings. The number of hydrogen-bond acceptors (Lipinski definition) is 3. The maximum absolute atomic E-state index is 12.1. The summed E-state index contributed by atoms with van der Waals surface area (Å²) in [7, 11) is 0. The summed E-state index contributed by atoms with van der Waals surface area (Å²) in [6, 6.07) is 2.13. The molecular formula is C14H18N2OS. The second kappa shape index (κ2) is 3.81. The average Bonchev–Trinajstić information content (AvgIpc) is 3.25. The summed E-state index contributed by atoms with van der Waals surface area (Å²) < 4.78 is 0. The van der Waals surface area contributed by atoms with Gasteiger partial charge in [-0.25, -0.2) is 0 Å². The summed E-state index contributed by atoms with van der Waals surface area (Å²) in [5, 5.41) is 7.59. The molecule has 2 heterocycles. The Balaban J connectivity index is 1.55. The molecule has 96 valence electrons. The number of thiophene rings is 1. The first-order valence-corrected chi connectivity index (χ1v) is 7.78. The number of nitrogens with one attached hydrogen (secondary N) is 1. The van der Waals surface area contributed by atoms with Crippen molar-refractivity contribution in [1.82, 2.24) is 10.2 Å². The van der Waals surface area contributed by atoms with Crippen LogP contribution in [-0.2, 0) is 4.79 Å². The molecule has 3 nitrogen and oxygen atoms in total. The lowest BCUT2D eigenvalue weighted by atomic mass is 9.99. The van der Waals surface area contributed by atoms with Gasteiger partial charge in [-0.15, -0.1) is 0 Å². The molecule has 1 aromatic heterocycles. The van der Waals surface area contributed by atoms with Gasteiger partial charge in [0.1, 0.15) is 6.17 Å². The van der Waals surface area contributed by atoms with Crippen molar-refractivity contribution < 1.29 is 4.79 Å². The fraction of sp³-hybridized carbons (Fsp3) is 0.643. The van der Waals surface area contributed by atoms with E-state index in [2.05, 4.69) is 27.0 Å². The van der Waals surface area contributed by atoms with Crippen LogP contribution in [0.1, 0.15) is 37.4 Å². The molecule has 1 N–H and O–H groups in total. The topological polar surface area (TPSA) is 32.3 Å². The average molecular weight is 262 g/mol. The van der Waals surface area contributed by atoms with E-state index in [0.717, 1.165) is 12.5 Å². The normalized spacial score (nSPS) is 29.9. The highest BCUT2D eigenvalue weighted by atomic mass is 32.1. The SMILES string of the molecule is O=C1CNC(c2ccsc2)N1CC1(C2CC2)CC1. The minimum atomic E-state index is 0.125. The molecule has 1 atom stereocenters. The summed E-state index contributed by atoms with van der Waals surface area (Å²) in [4.78, 5) is 14.2. The lowest BCUT2D eigenvalue weighted by Crippen LogP contribution is -2.36. The van der Waals surface area contributed by atoms with E-state index in [4.69, 9.17) is 0 Å². The molecule has 1 saturated heterocycles. The van der Waals surface area contributed by atoms with Crippen molar-refractivity contribution in [2.45, 2.75) is 31.8 Å². The van der Waals surface area contributed by atoms with Gasteiger partial charge >= 0.3 is 0 Å². The van der Waals surface area contributed by atoms with E-state index in [9.17, 15) is 4.79 Å². The molecule has 0 radical (unpaired) electrons. The molecule has 2 saturated carbocycles. The van der Waals surface area contributed by atoms with Crippen molar-refractivity contribution in [2.75, 3.05) is 13.1 Å². The van der Waals surface area contributed by atoms with Crippen LogP contribution in [0.2, 0.25) is 0 Å². The zero-order valence-corrected chi connectivity index (χ0v) is 11.2. The summed E-state index contributed by atoms with van der Waals surface area (Å²) in [5.41, 5.74) is 1.74. The standard InChI is InChI=1S/C14H18N2OS/c17-12-7-15-13(10-3-6-18-8-10)16(12)9-14(4-5-14)11-1-2-11/h3,6,8,11,13,15H,1-2,4-5,7,9H2. The predicted molar refractivity (Wildman–Crippen MR) is 71.2 cm³/mol. The Morgan fingerprint density at radius 2 is 2.28 bits per heavy atom. The maximum atomic E-state index is 12.1. The van der Waals surface area contributed by atoms with E-state index in [1.807, 2.05) is 0 Å². The first-order valence-electron chi connectivity index (χ1n) is 6.83. The number of carbonyl (C=O) groups excluding carboxylic acids is 1. The summed E-state index contributed by atoms with van der Waals surface area (Å²) in [6.45, 7) is 1.48. The van der Waals surface area contributed by atoms with E-state index >= 15 is 0 Å². The van der Waals surface area contributed by atoms with Crippen LogP contribution in [0.4, 0.5) is 0 Å². The number of nitrogens with zero attached hydrogens (tertiary/aromatic N) is 1. The van der Waals surface area contributed by atoms with Gasteiger partial charge in [0, 0.05) is 6.54 Å². The maximum Gasteiger partial charge on any atom is 0.238 e. The molecule has 4 rings (SSSR count). The molecule has 0 spiro atoms. The fourth-order valence-electron chi connectivity index (χ4n) is 3.34. The molecule has 4 heteroatoms. The highest BCUT2D eigenvalue weighted by molar-refractivity contribution is 7.07. The highest BCUT2D eigenvalue weighted by Crippen LogP contribution is 2.62. The van der Waals surface area contributed by atoms with Crippen LogP contribution >= 0.6 is 11.3 Å². The Morgan fingerprint density at radius 1 is 1.44 bits per heavy atom. The van der Waals surface area contributed by atoms with Gasteiger partial charge in [0.25, 0.3) is 0 Å². The van der Waals surface area contributed by atoms with Crippen molar-refractivity contribution in [3.63, 3.8) is 0 Å². The quantitative estimate of drug-likeness (QED) is 0.903. The fourth-order valence-corrected chi connectivity index (χ4v) is 4.02. The lowest BCUT2D eigenvalue weighted by Gasteiger charge is -2.28. The minimum Gasteiger partial charge on any atom is -0.321 e. The van der Waals surface area contributed by atoms with E-state index in [0.29, 0.717) is 12.0 Å². The van der Waals surface area contributed by atoms with Crippen LogP contribution < -0.4 is 5.32 Å². The Labute approximate surface area is 111 Å². The van der Waals surface area contributed by atoms with Crippen molar-refractivity contribution in [3.8, 4) is 0 Å². The molecule has 1 unspecified atom stereocenters. The van der Waals surface area contributed by atoms with Gasteiger partial charge in [-0.3, -0.25) is 10.1 Å². The zero-order chi connectivity index (χ0) is 12.2. The number of hydrogen-bond donors (Lipinski definition) is 1. The third-order valence-corrected chi connectivity index (χ3v) is 5.46. The van der Waals surface area contributed by atoms with Gasteiger partial charge in [0.2, 0.25) is 5.91 Å². The van der Waals surface area contributed by atoms with Crippen LogP contribution in [0.3, 0.4) is 0 Å². The molecule has 0 bridgehead atoms. The molecule has 0 aromatic carbocycles. The molecule has 1 aliphatic heterocycles. The van der Waals surface area contributed by atoms with E-state index < -0.39 is 0 Å². The Hall–Kier alpha value is -0.870. The van der Waals surface area contributed by atoms with Crippen molar-refractivity contribution in [2.24, 2.45) is 11.3 Å². The third kappa shape index (κ3) is 1.70. The Kier molecular flexibility index (Phi) is 2.33. The van der Waals surface area contributed by atoms with Gasteiger partial charge in [-0.05, 0) is 59.4 Å². The highest BCUT2D eigenvalue weighted by Gasteiger charge is 2.55. The van der Waals surface area contributed by atoms with Gasteiger partial charge < -0.3 is 4.90 Å². The smallest absolute Gasteiger partial charge is 0.238 e. The van der Waals surface area contributed by atoms with E-state index in [1.165, 1.54) is 31.2 Å². The second-order valence-electron chi connectivity index (χ2n) is 6.00. The number of carbonyl (C=O) groups is 1. The van der Waals surface area contributed by atoms with E-state index in [-0.39, 0.29) is 12.1 Å². The Morgan fingerprint density at radius 3 is 2.89 bits per heavy atom. The van der Waals surface area contributed by atoms with Gasteiger partial charge in [-0.2, -0.15) is 11.3 Å². The van der Waals surface area contributed by atoms with Crippen LogP contribution in [0.15, 0.2) is 16.8 Å². The van der Waals surface area contributed by atoms with Crippen LogP contribution in [-0.4, -0.2) is 23.9 Å². The van der Waals surface area contributed by atoms with Crippen molar-refractivity contribution >= 4 is 17.2 Å². The number of rotatable bonds is 4. The summed E-state index contributed by atoms with van der Waals surface area (Å²) in [5.74, 6) is 1.19. The van der Waals surface area contributed by atoms with Crippen LogP contribution in [0.25, 0.3) is 0 Å². The third-order valence-electron chi connectivity index (χ3n) is 4.76.